The molecule has 3 rings (SSSR count). The molecule has 21 heavy (non-hydrogen) atoms. The van der Waals surface area contributed by atoms with Crippen molar-refractivity contribution in [3.8, 4) is 17.1 Å². The molecule has 0 spiro atoms. The minimum atomic E-state index is 0.237. The minimum Gasteiger partial charge on any atom is -0.483 e. The van der Waals surface area contributed by atoms with E-state index in [1.165, 1.54) is 0 Å². The van der Waals surface area contributed by atoms with Crippen LogP contribution in [0.2, 0.25) is 5.02 Å². The Balaban J connectivity index is 1.71. The van der Waals surface area contributed by atoms with Crippen LogP contribution in [0.5, 0.6) is 5.75 Å². The van der Waals surface area contributed by atoms with Crippen LogP contribution < -0.4 is 4.74 Å². The third kappa shape index (κ3) is 3.54. The molecular formula is C15H10ClIN2O2. The summed E-state index contributed by atoms with van der Waals surface area (Å²) in [5, 5.41) is 4.61. The Hall–Kier alpha value is -1.60. The van der Waals surface area contributed by atoms with Gasteiger partial charge < -0.3 is 9.26 Å². The number of rotatable bonds is 4. The molecule has 0 aliphatic rings. The third-order valence-electron chi connectivity index (χ3n) is 2.76. The first-order valence-electron chi connectivity index (χ1n) is 6.18. The maximum atomic E-state index is 5.85. The normalized spacial score (nSPS) is 10.6. The summed E-state index contributed by atoms with van der Waals surface area (Å²) >= 11 is 8.07. The van der Waals surface area contributed by atoms with Gasteiger partial charge in [0.2, 0.25) is 5.82 Å². The standard InChI is InChI=1S/C15H10ClIN2O2/c16-11-7-5-10(6-8-11)15-18-14(21-19-15)9-20-13-4-2-1-3-12(13)17/h1-8H,9H2. The Morgan fingerprint density at radius 2 is 1.86 bits per heavy atom. The zero-order valence-corrected chi connectivity index (χ0v) is 13.7. The molecule has 106 valence electrons. The van der Waals surface area contributed by atoms with Crippen molar-refractivity contribution in [1.82, 2.24) is 10.1 Å². The van der Waals surface area contributed by atoms with Crippen molar-refractivity contribution in [2.45, 2.75) is 6.61 Å². The predicted molar refractivity (Wildman–Crippen MR) is 88.2 cm³/mol. The second-order valence-corrected chi connectivity index (χ2v) is 5.84. The van der Waals surface area contributed by atoms with Crippen molar-refractivity contribution < 1.29 is 9.26 Å². The van der Waals surface area contributed by atoms with Gasteiger partial charge in [0.25, 0.3) is 5.89 Å². The van der Waals surface area contributed by atoms with Crippen molar-refractivity contribution in [2.24, 2.45) is 0 Å². The molecule has 0 aliphatic carbocycles. The summed E-state index contributed by atoms with van der Waals surface area (Å²) < 4.78 is 11.9. The molecule has 0 amide bonds. The summed E-state index contributed by atoms with van der Waals surface area (Å²) in [7, 11) is 0. The average molecular weight is 413 g/mol. The van der Waals surface area contributed by atoms with E-state index in [0.29, 0.717) is 16.7 Å². The molecule has 0 saturated carbocycles. The molecule has 0 fully saturated rings. The monoisotopic (exact) mass is 412 g/mol. The number of ether oxygens (including phenoxy) is 1. The zero-order chi connectivity index (χ0) is 14.7. The lowest BCUT2D eigenvalue weighted by Crippen LogP contribution is -1.97. The van der Waals surface area contributed by atoms with Gasteiger partial charge in [-0.3, -0.25) is 0 Å². The van der Waals surface area contributed by atoms with Crippen LogP contribution in [0.15, 0.2) is 53.1 Å². The molecule has 0 unspecified atom stereocenters. The van der Waals surface area contributed by atoms with Crippen LogP contribution in [0.4, 0.5) is 0 Å². The van der Waals surface area contributed by atoms with Crippen molar-refractivity contribution >= 4 is 34.2 Å². The van der Waals surface area contributed by atoms with Gasteiger partial charge in [0.1, 0.15) is 5.75 Å². The molecular weight excluding hydrogens is 403 g/mol. The molecule has 0 N–H and O–H groups in total. The van der Waals surface area contributed by atoms with E-state index >= 15 is 0 Å². The molecule has 0 bridgehead atoms. The van der Waals surface area contributed by atoms with E-state index in [0.717, 1.165) is 14.9 Å². The van der Waals surface area contributed by atoms with Gasteiger partial charge in [0, 0.05) is 10.6 Å². The molecule has 6 heteroatoms. The Morgan fingerprint density at radius 1 is 1.10 bits per heavy atom. The molecule has 0 aliphatic heterocycles. The number of hydrogen-bond acceptors (Lipinski definition) is 4. The number of halogens is 2. The van der Waals surface area contributed by atoms with Gasteiger partial charge in [-0.1, -0.05) is 28.9 Å². The summed E-state index contributed by atoms with van der Waals surface area (Å²) in [5.74, 6) is 1.75. The molecule has 3 aromatic rings. The van der Waals surface area contributed by atoms with Crippen LogP contribution >= 0.6 is 34.2 Å². The maximum Gasteiger partial charge on any atom is 0.264 e. The van der Waals surface area contributed by atoms with Gasteiger partial charge in [0.05, 0.1) is 3.57 Å². The fraction of sp³-hybridized carbons (Fsp3) is 0.0667. The second-order valence-electron chi connectivity index (χ2n) is 4.24. The summed E-state index contributed by atoms with van der Waals surface area (Å²) in [6, 6.07) is 15.0. The van der Waals surface area contributed by atoms with Crippen LogP contribution in [0, 0.1) is 3.57 Å². The van der Waals surface area contributed by atoms with Crippen molar-refractivity contribution in [3.05, 3.63) is 63.0 Å². The molecule has 4 nitrogen and oxygen atoms in total. The molecule has 1 heterocycles. The van der Waals surface area contributed by atoms with E-state index in [4.69, 9.17) is 20.9 Å². The number of para-hydroxylation sites is 1. The Labute approximate surface area is 140 Å². The van der Waals surface area contributed by atoms with Crippen molar-refractivity contribution in [1.29, 1.82) is 0 Å². The van der Waals surface area contributed by atoms with Crippen LogP contribution in [-0.2, 0) is 6.61 Å². The summed E-state index contributed by atoms with van der Waals surface area (Å²) in [5.41, 5.74) is 0.851. The highest BCUT2D eigenvalue weighted by Crippen LogP contribution is 2.22. The number of hydrogen-bond donors (Lipinski definition) is 0. The van der Waals surface area contributed by atoms with E-state index in [1.54, 1.807) is 12.1 Å². The summed E-state index contributed by atoms with van der Waals surface area (Å²) in [6.45, 7) is 0.237. The first-order chi connectivity index (χ1) is 10.2. The fourth-order valence-electron chi connectivity index (χ4n) is 1.73. The molecule has 2 aromatic carbocycles. The highest BCUT2D eigenvalue weighted by Gasteiger charge is 2.09. The lowest BCUT2D eigenvalue weighted by molar-refractivity contribution is 0.241. The SMILES string of the molecule is Clc1ccc(-c2noc(COc3ccccc3I)n2)cc1. The van der Waals surface area contributed by atoms with Crippen molar-refractivity contribution in [3.63, 3.8) is 0 Å². The second kappa shape index (κ2) is 6.44. The van der Waals surface area contributed by atoms with E-state index < -0.39 is 0 Å². The van der Waals surface area contributed by atoms with E-state index in [-0.39, 0.29) is 6.61 Å². The number of nitrogens with zero attached hydrogens (tertiary/aromatic N) is 2. The highest BCUT2D eigenvalue weighted by atomic mass is 127. The van der Waals surface area contributed by atoms with E-state index in [2.05, 4.69) is 32.7 Å². The van der Waals surface area contributed by atoms with Gasteiger partial charge in [-0.25, -0.2) is 0 Å². The van der Waals surface area contributed by atoms with Gasteiger partial charge >= 0.3 is 0 Å². The van der Waals surface area contributed by atoms with Gasteiger partial charge in [-0.15, -0.1) is 0 Å². The van der Waals surface area contributed by atoms with Gasteiger partial charge in [0.15, 0.2) is 6.61 Å². The maximum absolute atomic E-state index is 5.85. The lowest BCUT2D eigenvalue weighted by atomic mass is 10.2. The topological polar surface area (TPSA) is 48.2 Å². The first kappa shape index (κ1) is 14.3. The van der Waals surface area contributed by atoms with Crippen LogP contribution in [0.25, 0.3) is 11.4 Å². The Kier molecular flexibility index (Phi) is 4.40. The fourth-order valence-corrected chi connectivity index (χ4v) is 2.40. The predicted octanol–water partition coefficient (Wildman–Crippen LogP) is 4.57. The lowest BCUT2D eigenvalue weighted by Gasteiger charge is -2.04. The summed E-state index contributed by atoms with van der Waals surface area (Å²) in [4.78, 5) is 4.31. The minimum absolute atomic E-state index is 0.237. The van der Waals surface area contributed by atoms with E-state index in [1.807, 2.05) is 36.4 Å². The zero-order valence-electron chi connectivity index (χ0n) is 10.8. The van der Waals surface area contributed by atoms with Gasteiger partial charge in [-0.2, -0.15) is 4.98 Å². The highest BCUT2D eigenvalue weighted by molar-refractivity contribution is 14.1. The quantitative estimate of drug-likeness (QED) is 0.589. The van der Waals surface area contributed by atoms with E-state index in [9.17, 15) is 0 Å². The Bertz CT molecular complexity index is 743. The smallest absolute Gasteiger partial charge is 0.264 e. The number of aromatic nitrogens is 2. The Morgan fingerprint density at radius 3 is 2.62 bits per heavy atom. The third-order valence-corrected chi connectivity index (χ3v) is 3.90. The number of benzene rings is 2. The average Bonchev–Trinajstić information content (AvgIpc) is 2.96. The molecule has 1 aromatic heterocycles. The van der Waals surface area contributed by atoms with Gasteiger partial charge in [-0.05, 0) is 59.0 Å². The van der Waals surface area contributed by atoms with Crippen LogP contribution in [-0.4, -0.2) is 10.1 Å². The first-order valence-corrected chi connectivity index (χ1v) is 7.64. The molecule has 0 radical (unpaired) electrons. The molecule has 0 atom stereocenters. The van der Waals surface area contributed by atoms with Crippen molar-refractivity contribution in [2.75, 3.05) is 0 Å². The van der Waals surface area contributed by atoms with Crippen LogP contribution in [0.3, 0.4) is 0 Å². The largest absolute Gasteiger partial charge is 0.483 e. The molecule has 0 saturated heterocycles. The van der Waals surface area contributed by atoms with Crippen LogP contribution in [0.1, 0.15) is 5.89 Å². The summed E-state index contributed by atoms with van der Waals surface area (Å²) in [6.07, 6.45) is 0.